The minimum absolute atomic E-state index is 0.0166. The molecule has 150 valence electrons. The number of amides is 1. The van der Waals surface area contributed by atoms with Gasteiger partial charge in [0.1, 0.15) is 11.5 Å². The van der Waals surface area contributed by atoms with Crippen LogP contribution >= 0.6 is 0 Å². The van der Waals surface area contributed by atoms with Crippen molar-refractivity contribution in [3.8, 4) is 11.5 Å². The Balaban J connectivity index is 1.60. The molecule has 0 aromatic heterocycles. The number of fused-ring (bicyclic) bond motifs is 1. The lowest BCUT2D eigenvalue weighted by molar-refractivity contribution is -0.121. The molecule has 0 unspecified atom stereocenters. The summed E-state index contributed by atoms with van der Waals surface area (Å²) in [6, 6.07) is 14.1. The highest BCUT2D eigenvalue weighted by atomic mass is 16.5. The third kappa shape index (κ3) is 4.65. The van der Waals surface area contributed by atoms with Crippen molar-refractivity contribution in [1.29, 1.82) is 0 Å². The van der Waals surface area contributed by atoms with Gasteiger partial charge in [-0.1, -0.05) is 24.3 Å². The second-order valence-electron chi connectivity index (χ2n) is 7.88. The fourth-order valence-corrected chi connectivity index (χ4v) is 3.69. The van der Waals surface area contributed by atoms with Crippen LogP contribution in [0.1, 0.15) is 30.5 Å². The Morgan fingerprint density at radius 1 is 1.11 bits per heavy atom. The maximum atomic E-state index is 12.6. The van der Waals surface area contributed by atoms with Crippen molar-refractivity contribution in [3.63, 3.8) is 0 Å². The van der Waals surface area contributed by atoms with Gasteiger partial charge in [0.05, 0.1) is 20.6 Å². The third-order valence-electron chi connectivity index (χ3n) is 5.54. The number of nitrogens with zero attached hydrogens (tertiary/aromatic N) is 1. The summed E-state index contributed by atoms with van der Waals surface area (Å²) in [6.07, 6.45) is 1.31. The SMILES string of the molecule is COc1ccc(OC)c(CC(=O)NCC(C)(C)N2CCc3ccccc3C2)c1. The lowest BCUT2D eigenvalue weighted by Gasteiger charge is -2.41. The zero-order valence-corrected chi connectivity index (χ0v) is 17.2. The normalized spacial score (nSPS) is 14.3. The van der Waals surface area contributed by atoms with E-state index in [0.717, 1.165) is 30.8 Å². The Morgan fingerprint density at radius 3 is 2.57 bits per heavy atom. The van der Waals surface area contributed by atoms with E-state index in [1.807, 2.05) is 18.2 Å². The lowest BCUT2D eigenvalue weighted by Crippen LogP contribution is -2.53. The highest BCUT2D eigenvalue weighted by Crippen LogP contribution is 2.26. The van der Waals surface area contributed by atoms with E-state index >= 15 is 0 Å². The standard InChI is InChI=1S/C23H30N2O3/c1-23(2,25-12-11-17-7-5-6-8-18(17)15-25)16-24-22(26)14-19-13-20(27-3)9-10-21(19)28-4/h5-10,13H,11-12,14-16H2,1-4H3,(H,24,26). The van der Waals surface area contributed by atoms with E-state index in [2.05, 4.69) is 48.3 Å². The van der Waals surface area contributed by atoms with E-state index in [0.29, 0.717) is 12.3 Å². The van der Waals surface area contributed by atoms with Gasteiger partial charge in [-0.2, -0.15) is 0 Å². The lowest BCUT2D eigenvalue weighted by atomic mass is 9.94. The van der Waals surface area contributed by atoms with Crippen LogP contribution in [0.15, 0.2) is 42.5 Å². The molecule has 0 saturated carbocycles. The number of methoxy groups -OCH3 is 2. The van der Waals surface area contributed by atoms with Crippen molar-refractivity contribution >= 4 is 5.91 Å². The number of nitrogens with one attached hydrogen (secondary N) is 1. The molecule has 5 nitrogen and oxygen atoms in total. The first-order valence-corrected chi connectivity index (χ1v) is 9.72. The van der Waals surface area contributed by atoms with Crippen LogP contribution in [0.3, 0.4) is 0 Å². The van der Waals surface area contributed by atoms with Crippen molar-refractivity contribution in [3.05, 3.63) is 59.2 Å². The summed E-state index contributed by atoms with van der Waals surface area (Å²) in [5.41, 5.74) is 3.52. The van der Waals surface area contributed by atoms with Gasteiger partial charge in [0.15, 0.2) is 0 Å². The van der Waals surface area contributed by atoms with Gasteiger partial charge in [0.2, 0.25) is 5.91 Å². The van der Waals surface area contributed by atoms with Crippen molar-refractivity contribution in [2.75, 3.05) is 27.3 Å². The van der Waals surface area contributed by atoms with Gasteiger partial charge < -0.3 is 14.8 Å². The van der Waals surface area contributed by atoms with Crippen molar-refractivity contribution in [2.24, 2.45) is 0 Å². The van der Waals surface area contributed by atoms with Gasteiger partial charge in [-0.05, 0) is 49.6 Å². The molecule has 28 heavy (non-hydrogen) atoms. The molecule has 0 bridgehead atoms. The minimum Gasteiger partial charge on any atom is -0.497 e. The molecule has 1 heterocycles. The van der Waals surface area contributed by atoms with Crippen LogP contribution in [0.25, 0.3) is 0 Å². The van der Waals surface area contributed by atoms with Gasteiger partial charge in [-0.15, -0.1) is 0 Å². The van der Waals surface area contributed by atoms with E-state index in [9.17, 15) is 4.79 Å². The fraction of sp³-hybridized carbons (Fsp3) is 0.435. The molecule has 3 rings (SSSR count). The number of hydrogen-bond donors (Lipinski definition) is 1. The Kier molecular flexibility index (Phi) is 6.25. The molecule has 1 amide bonds. The van der Waals surface area contributed by atoms with Gasteiger partial charge in [0.25, 0.3) is 0 Å². The van der Waals surface area contributed by atoms with Crippen LogP contribution in [-0.4, -0.2) is 43.7 Å². The first kappa shape index (κ1) is 20.2. The maximum absolute atomic E-state index is 12.6. The van der Waals surface area contributed by atoms with E-state index < -0.39 is 0 Å². The highest BCUT2D eigenvalue weighted by Gasteiger charge is 2.30. The number of carbonyl (C=O) groups is 1. The van der Waals surface area contributed by atoms with Crippen LogP contribution in [0.4, 0.5) is 0 Å². The second-order valence-corrected chi connectivity index (χ2v) is 7.88. The molecule has 2 aromatic carbocycles. The second kappa shape index (κ2) is 8.65. The van der Waals surface area contributed by atoms with Gasteiger partial charge in [0, 0.05) is 30.7 Å². The zero-order chi connectivity index (χ0) is 20.1. The summed E-state index contributed by atoms with van der Waals surface area (Å²) in [6.45, 7) is 6.90. The smallest absolute Gasteiger partial charge is 0.224 e. The quantitative estimate of drug-likeness (QED) is 0.799. The molecule has 1 aliphatic rings. The molecule has 0 aliphatic carbocycles. The average Bonchev–Trinajstić information content (AvgIpc) is 2.72. The fourth-order valence-electron chi connectivity index (χ4n) is 3.69. The third-order valence-corrected chi connectivity index (χ3v) is 5.54. The largest absolute Gasteiger partial charge is 0.497 e. The predicted molar refractivity (Wildman–Crippen MR) is 111 cm³/mol. The Morgan fingerprint density at radius 2 is 1.86 bits per heavy atom. The molecular weight excluding hydrogens is 352 g/mol. The molecular formula is C23H30N2O3. The number of carbonyl (C=O) groups excluding carboxylic acids is 1. The molecule has 0 atom stereocenters. The van der Waals surface area contributed by atoms with Crippen LogP contribution in [0, 0.1) is 0 Å². The van der Waals surface area contributed by atoms with Crippen molar-refractivity contribution in [1.82, 2.24) is 10.2 Å². The summed E-state index contributed by atoms with van der Waals surface area (Å²) in [5.74, 6) is 1.40. The number of ether oxygens (including phenoxy) is 2. The van der Waals surface area contributed by atoms with Crippen molar-refractivity contribution in [2.45, 2.75) is 38.8 Å². The molecule has 0 saturated heterocycles. The zero-order valence-electron chi connectivity index (χ0n) is 17.2. The first-order valence-electron chi connectivity index (χ1n) is 9.72. The number of rotatable bonds is 7. The number of hydrogen-bond acceptors (Lipinski definition) is 4. The van der Waals surface area contributed by atoms with Crippen LogP contribution in [0.5, 0.6) is 11.5 Å². The Labute approximate surface area is 167 Å². The van der Waals surface area contributed by atoms with E-state index in [1.54, 1.807) is 14.2 Å². The molecule has 1 aliphatic heterocycles. The molecule has 2 aromatic rings. The predicted octanol–water partition coefficient (Wildman–Crippen LogP) is 3.20. The van der Waals surface area contributed by atoms with Gasteiger partial charge in [-0.25, -0.2) is 0 Å². The van der Waals surface area contributed by atoms with Gasteiger partial charge in [-0.3, -0.25) is 9.69 Å². The molecule has 0 fully saturated rings. The maximum Gasteiger partial charge on any atom is 0.224 e. The summed E-state index contributed by atoms with van der Waals surface area (Å²) in [7, 11) is 3.23. The molecule has 0 radical (unpaired) electrons. The Hall–Kier alpha value is -2.53. The van der Waals surface area contributed by atoms with Crippen LogP contribution < -0.4 is 14.8 Å². The molecule has 1 N–H and O–H groups in total. The minimum atomic E-state index is -0.123. The first-order chi connectivity index (χ1) is 13.4. The van der Waals surface area contributed by atoms with E-state index in [-0.39, 0.29) is 17.9 Å². The van der Waals surface area contributed by atoms with E-state index in [1.165, 1.54) is 11.1 Å². The van der Waals surface area contributed by atoms with E-state index in [4.69, 9.17) is 9.47 Å². The summed E-state index contributed by atoms with van der Waals surface area (Å²) < 4.78 is 10.6. The number of benzene rings is 2. The Bertz CT molecular complexity index is 832. The van der Waals surface area contributed by atoms with Crippen LogP contribution in [-0.2, 0) is 24.2 Å². The molecule has 0 spiro atoms. The average molecular weight is 383 g/mol. The van der Waals surface area contributed by atoms with Gasteiger partial charge >= 0.3 is 0 Å². The van der Waals surface area contributed by atoms with Crippen LogP contribution in [0.2, 0.25) is 0 Å². The van der Waals surface area contributed by atoms with Crippen molar-refractivity contribution < 1.29 is 14.3 Å². The summed E-state index contributed by atoms with van der Waals surface area (Å²) >= 11 is 0. The highest BCUT2D eigenvalue weighted by molar-refractivity contribution is 5.79. The summed E-state index contributed by atoms with van der Waals surface area (Å²) in [5, 5.41) is 3.10. The summed E-state index contributed by atoms with van der Waals surface area (Å²) in [4.78, 5) is 15.0. The topological polar surface area (TPSA) is 50.8 Å². The monoisotopic (exact) mass is 382 g/mol. The molecule has 5 heteroatoms.